The molecule has 2 heteroatoms. The van der Waals surface area contributed by atoms with Gasteiger partial charge in [-0.3, -0.25) is 0 Å². The molecule has 60 valence electrons. The van der Waals surface area contributed by atoms with Gasteiger partial charge in [-0.15, -0.1) is 0 Å². The minimum absolute atomic E-state index is 0.242. The monoisotopic (exact) mass is 144 g/mol. The first-order valence-electron chi connectivity index (χ1n) is 3.61. The maximum Gasteiger partial charge on any atom is 0.274 e. The van der Waals surface area contributed by atoms with Crippen LogP contribution < -0.4 is 0 Å². The van der Waals surface area contributed by atoms with Gasteiger partial charge in [0.15, 0.2) is 0 Å². The molecule has 1 atom stereocenters. The predicted octanol–water partition coefficient (Wildman–Crippen LogP) is 2.31. The van der Waals surface area contributed by atoms with Gasteiger partial charge in [-0.2, -0.15) is 0 Å². The predicted molar refractivity (Wildman–Crippen MR) is 41.6 cm³/mol. The summed E-state index contributed by atoms with van der Waals surface area (Å²) in [5.74, 6) is 0.606. The fraction of sp³-hybridized carbons (Fsp3) is 0.750. The fourth-order valence-electron chi connectivity index (χ4n) is 0.516. The largest absolute Gasteiger partial charge is 0.469 e. The van der Waals surface area contributed by atoms with E-state index < -0.39 is 0 Å². The molecule has 0 saturated heterocycles. The van der Waals surface area contributed by atoms with Crippen LogP contribution in [0.4, 0.5) is 0 Å². The molecule has 0 N–H and O–H groups in total. The van der Waals surface area contributed by atoms with Crippen molar-refractivity contribution < 1.29 is 9.47 Å². The summed E-state index contributed by atoms with van der Waals surface area (Å²) in [4.78, 5) is 0. The van der Waals surface area contributed by atoms with Crippen molar-refractivity contribution >= 4 is 0 Å². The van der Waals surface area contributed by atoms with Gasteiger partial charge in [-0.25, -0.2) is 0 Å². The van der Waals surface area contributed by atoms with Gasteiger partial charge >= 0.3 is 0 Å². The van der Waals surface area contributed by atoms with Crippen LogP contribution in [0.5, 0.6) is 0 Å². The summed E-state index contributed by atoms with van der Waals surface area (Å²) in [6, 6.07) is 0. The zero-order chi connectivity index (χ0) is 7.98. The molecule has 0 aliphatic rings. The Bertz CT molecular complexity index is 108. The van der Waals surface area contributed by atoms with Crippen LogP contribution in [0.15, 0.2) is 12.0 Å². The highest BCUT2D eigenvalue weighted by Gasteiger charge is 2.00. The molecule has 1 unspecified atom stereocenters. The number of hydrogen-bond donors (Lipinski definition) is 0. The number of allylic oxidation sites excluding steroid dienone is 1. The lowest BCUT2D eigenvalue weighted by atomic mass is 10.3. The SMILES string of the molecule is CC=C(OC)OC(C)CC. The summed E-state index contributed by atoms with van der Waals surface area (Å²) in [6.45, 7) is 5.98. The first-order chi connectivity index (χ1) is 4.74. The smallest absolute Gasteiger partial charge is 0.274 e. The summed E-state index contributed by atoms with van der Waals surface area (Å²) >= 11 is 0. The molecule has 0 aromatic heterocycles. The topological polar surface area (TPSA) is 18.5 Å². The van der Waals surface area contributed by atoms with Gasteiger partial charge in [0, 0.05) is 0 Å². The van der Waals surface area contributed by atoms with Gasteiger partial charge in [0.05, 0.1) is 13.2 Å². The third-order valence-corrected chi connectivity index (χ3v) is 1.33. The molecule has 0 aliphatic carbocycles. The molecule has 0 saturated carbocycles. The molecule has 0 rings (SSSR count). The molecule has 0 aliphatic heterocycles. The van der Waals surface area contributed by atoms with E-state index in [0.717, 1.165) is 6.42 Å². The highest BCUT2D eigenvalue weighted by Crippen LogP contribution is 2.04. The summed E-state index contributed by atoms with van der Waals surface area (Å²) in [5.41, 5.74) is 0. The molecule has 0 heterocycles. The van der Waals surface area contributed by atoms with E-state index in [4.69, 9.17) is 9.47 Å². The van der Waals surface area contributed by atoms with Gasteiger partial charge < -0.3 is 9.47 Å². The highest BCUT2D eigenvalue weighted by atomic mass is 16.7. The molecule has 0 amide bonds. The van der Waals surface area contributed by atoms with Crippen molar-refractivity contribution in [2.24, 2.45) is 0 Å². The average Bonchev–Trinajstić information content (AvgIpc) is 1.99. The summed E-state index contributed by atoms with van der Waals surface area (Å²) in [7, 11) is 1.61. The van der Waals surface area contributed by atoms with Gasteiger partial charge in [0.2, 0.25) is 0 Å². The number of rotatable bonds is 4. The summed E-state index contributed by atoms with van der Waals surface area (Å²) in [6.07, 6.45) is 3.05. The van der Waals surface area contributed by atoms with Crippen molar-refractivity contribution in [1.29, 1.82) is 0 Å². The lowest BCUT2D eigenvalue weighted by molar-refractivity contribution is 0.0175. The molecule has 10 heavy (non-hydrogen) atoms. The van der Waals surface area contributed by atoms with E-state index >= 15 is 0 Å². The Hall–Kier alpha value is -0.660. The van der Waals surface area contributed by atoms with Crippen LogP contribution in [0.3, 0.4) is 0 Å². The first kappa shape index (κ1) is 9.34. The molecular weight excluding hydrogens is 128 g/mol. The Morgan fingerprint density at radius 2 is 2.20 bits per heavy atom. The second-order valence-corrected chi connectivity index (χ2v) is 2.15. The molecule has 2 nitrogen and oxygen atoms in total. The van der Waals surface area contributed by atoms with Crippen molar-refractivity contribution in [2.45, 2.75) is 33.3 Å². The van der Waals surface area contributed by atoms with Crippen LogP contribution in [-0.2, 0) is 9.47 Å². The van der Waals surface area contributed by atoms with E-state index in [1.807, 2.05) is 19.9 Å². The van der Waals surface area contributed by atoms with Crippen LogP contribution in [0.25, 0.3) is 0 Å². The van der Waals surface area contributed by atoms with Crippen molar-refractivity contribution in [1.82, 2.24) is 0 Å². The van der Waals surface area contributed by atoms with Crippen molar-refractivity contribution in [3.8, 4) is 0 Å². The first-order valence-corrected chi connectivity index (χ1v) is 3.61. The number of hydrogen-bond acceptors (Lipinski definition) is 2. The normalized spacial score (nSPS) is 14.6. The Morgan fingerprint density at radius 1 is 1.60 bits per heavy atom. The third-order valence-electron chi connectivity index (χ3n) is 1.33. The van der Waals surface area contributed by atoms with Gasteiger partial charge in [-0.1, -0.05) is 6.92 Å². The van der Waals surface area contributed by atoms with Crippen molar-refractivity contribution in [3.05, 3.63) is 12.0 Å². The van der Waals surface area contributed by atoms with E-state index in [9.17, 15) is 0 Å². The molecule has 0 aromatic rings. The molecular formula is C8H16O2. The van der Waals surface area contributed by atoms with Crippen molar-refractivity contribution in [2.75, 3.05) is 7.11 Å². The van der Waals surface area contributed by atoms with E-state index in [0.29, 0.717) is 5.95 Å². The van der Waals surface area contributed by atoms with E-state index in [-0.39, 0.29) is 6.10 Å². The number of methoxy groups -OCH3 is 1. The maximum atomic E-state index is 5.34. The lowest BCUT2D eigenvalue weighted by Crippen LogP contribution is -2.06. The quantitative estimate of drug-likeness (QED) is 0.564. The van der Waals surface area contributed by atoms with E-state index in [2.05, 4.69) is 6.92 Å². The minimum Gasteiger partial charge on any atom is -0.469 e. The fourth-order valence-corrected chi connectivity index (χ4v) is 0.516. The standard InChI is InChI=1S/C8H16O2/c1-5-7(3)10-8(6-2)9-4/h6-7H,5H2,1-4H3. The van der Waals surface area contributed by atoms with Gasteiger partial charge in [0.1, 0.15) is 0 Å². The van der Waals surface area contributed by atoms with E-state index in [1.54, 1.807) is 7.11 Å². The lowest BCUT2D eigenvalue weighted by Gasteiger charge is -2.13. The Labute approximate surface area is 62.8 Å². The van der Waals surface area contributed by atoms with Crippen LogP contribution in [0.1, 0.15) is 27.2 Å². The van der Waals surface area contributed by atoms with E-state index in [1.165, 1.54) is 0 Å². The van der Waals surface area contributed by atoms with Crippen LogP contribution in [0.2, 0.25) is 0 Å². The molecule has 0 fully saturated rings. The Balaban J connectivity index is 3.64. The summed E-state index contributed by atoms with van der Waals surface area (Å²) < 4.78 is 10.2. The minimum atomic E-state index is 0.242. The second kappa shape index (κ2) is 5.15. The number of ether oxygens (including phenoxy) is 2. The van der Waals surface area contributed by atoms with Gasteiger partial charge in [0.25, 0.3) is 5.95 Å². The zero-order valence-electron chi connectivity index (χ0n) is 7.18. The highest BCUT2D eigenvalue weighted by molar-refractivity contribution is 4.79. The average molecular weight is 144 g/mol. The molecule has 0 spiro atoms. The Kier molecular flexibility index (Phi) is 4.81. The van der Waals surface area contributed by atoms with Crippen molar-refractivity contribution in [3.63, 3.8) is 0 Å². The zero-order valence-corrected chi connectivity index (χ0v) is 7.18. The molecule has 0 bridgehead atoms. The van der Waals surface area contributed by atoms with Crippen LogP contribution >= 0.6 is 0 Å². The second-order valence-electron chi connectivity index (χ2n) is 2.15. The molecule has 0 radical (unpaired) electrons. The summed E-state index contributed by atoms with van der Waals surface area (Å²) in [5, 5.41) is 0. The van der Waals surface area contributed by atoms with Crippen LogP contribution in [0, 0.1) is 0 Å². The maximum absolute atomic E-state index is 5.34. The Morgan fingerprint density at radius 3 is 2.50 bits per heavy atom. The molecule has 0 aromatic carbocycles. The van der Waals surface area contributed by atoms with Gasteiger partial charge in [-0.05, 0) is 26.3 Å². The third kappa shape index (κ3) is 3.38. The van der Waals surface area contributed by atoms with Crippen LogP contribution in [-0.4, -0.2) is 13.2 Å².